The third kappa shape index (κ3) is 4.33. The minimum absolute atomic E-state index is 0.101. The third-order valence-corrected chi connectivity index (χ3v) is 3.56. The van der Waals surface area contributed by atoms with Gasteiger partial charge in [0.05, 0.1) is 5.56 Å². The first-order chi connectivity index (χ1) is 10.1. The number of aryl methyl sites for hydroxylation is 1. The quantitative estimate of drug-likeness (QED) is 0.813. The molecule has 2 aromatic carbocycles. The van der Waals surface area contributed by atoms with Crippen molar-refractivity contribution >= 4 is 33.2 Å². The lowest BCUT2D eigenvalue weighted by Crippen LogP contribution is -2.15. The number of hydrogen-bond acceptors (Lipinski definition) is 2. The molecule has 0 saturated carbocycles. The van der Waals surface area contributed by atoms with Gasteiger partial charge in [0.15, 0.2) is 0 Å². The number of carbonyl (C=O) groups excluding carboxylic acids is 1. The Balaban J connectivity index is 2.23. The molecule has 4 heteroatoms. The third-order valence-electron chi connectivity index (χ3n) is 3.07. The van der Waals surface area contributed by atoms with Gasteiger partial charge in [-0.05, 0) is 43.7 Å². The zero-order chi connectivity index (χ0) is 15.2. The van der Waals surface area contributed by atoms with Crippen LogP contribution in [0, 0.1) is 6.92 Å². The Hall–Kier alpha value is -1.81. The number of anilines is 2. The highest BCUT2D eigenvalue weighted by Crippen LogP contribution is 2.21. The zero-order valence-corrected chi connectivity index (χ0v) is 13.8. The lowest BCUT2D eigenvalue weighted by Gasteiger charge is -2.13. The molecule has 2 N–H and O–H groups in total. The normalized spacial score (nSPS) is 10.2. The van der Waals surface area contributed by atoms with Gasteiger partial charge < -0.3 is 10.6 Å². The van der Waals surface area contributed by atoms with E-state index in [4.69, 9.17) is 0 Å². The molecule has 1 amide bonds. The second-order valence-corrected chi connectivity index (χ2v) is 5.86. The fraction of sp³-hybridized carbons (Fsp3) is 0.235. The van der Waals surface area contributed by atoms with Gasteiger partial charge in [-0.3, -0.25) is 4.79 Å². The number of benzene rings is 2. The summed E-state index contributed by atoms with van der Waals surface area (Å²) in [6, 6.07) is 13.5. The molecule has 0 aromatic heterocycles. The fourth-order valence-electron chi connectivity index (χ4n) is 2.02. The molecule has 0 aliphatic carbocycles. The van der Waals surface area contributed by atoms with Crippen LogP contribution in [-0.4, -0.2) is 12.5 Å². The van der Waals surface area contributed by atoms with Crippen LogP contribution >= 0.6 is 15.9 Å². The molecular weight excluding hydrogens is 328 g/mol. The highest BCUT2D eigenvalue weighted by Gasteiger charge is 2.12. The van der Waals surface area contributed by atoms with Crippen LogP contribution in [0.4, 0.5) is 11.4 Å². The largest absolute Gasteiger partial charge is 0.384 e. The molecule has 0 unspecified atom stereocenters. The van der Waals surface area contributed by atoms with Gasteiger partial charge in [0.2, 0.25) is 0 Å². The Morgan fingerprint density at radius 1 is 1.19 bits per heavy atom. The monoisotopic (exact) mass is 346 g/mol. The summed E-state index contributed by atoms with van der Waals surface area (Å²) in [5, 5.41) is 6.23. The van der Waals surface area contributed by atoms with Gasteiger partial charge >= 0.3 is 0 Å². The Morgan fingerprint density at radius 2 is 2.00 bits per heavy atom. The molecule has 2 rings (SSSR count). The van der Waals surface area contributed by atoms with Gasteiger partial charge in [-0.15, -0.1) is 0 Å². The van der Waals surface area contributed by atoms with Crippen molar-refractivity contribution in [1.82, 2.24) is 0 Å². The average Bonchev–Trinajstić information content (AvgIpc) is 2.46. The summed E-state index contributed by atoms with van der Waals surface area (Å²) in [5.74, 6) is -0.101. The summed E-state index contributed by atoms with van der Waals surface area (Å²) >= 11 is 3.40. The van der Waals surface area contributed by atoms with E-state index in [0.717, 1.165) is 34.4 Å². The molecule has 0 aliphatic rings. The molecule has 0 fully saturated rings. The number of nitrogens with one attached hydrogen (secondary N) is 2. The van der Waals surface area contributed by atoms with Crippen molar-refractivity contribution in [3.63, 3.8) is 0 Å². The van der Waals surface area contributed by atoms with Gasteiger partial charge in [-0.25, -0.2) is 0 Å². The smallest absolute Gasteiger partial charge is 0.257 e. The maximum atomic E-state index is 12.5. The molecule has 0 spiro atoms. The SMILES string of the molecule is CCCNc1ccc(C)cc1C(=O)Nc1cccc(Br)c1. The zero-order valence-electron chi connectivity index (χ0n) is 12.2. The minimum Gasteiger partial charge on any atom is -0.384 e. The molecule has 0 bridgehead atoms. The number of rotatable bonds is 5. The van der Waals surface area contributed by atoms with Crippen molar-refractivity contribution in [2.24, 2.45) is 0 Å². The first kappa shape index (κ1) is 15.6. The first-order valence-corrected chi connectivity index (χ1v) is 7.81. The fourth-order valence-corrected chi connectivity index (χ4v) is 2.42. The van der Waals surface area contributed by atoms with E-state index < -0.39 is 0 Å². The van der Waals surface area contributed by atoms with Gasteiger partial charge in [0.1, 0.15) is 0 Å². The van der Waals surface area contributed by atoms with Crippen molar-refractivity contribution in [2.45, 2.75) is 20.3 Å². The summed E-state index contributed by atoms with van der Waals surface area (Å²) < 4.78 is 0.939. The standard InChI is InChI=1S/C17H19BrN2O/c1-3-9-19-16-8-7-12(2)10-15(16)17(21)20-14-6-4-5-13(18)11-14/h4-8,10-11,19H,3,9H2,1-2H3,(H,20,21). The predicted molar refractivity (Wildman–Crippen MR) is 92.1 cm³/mol. The molecular formula is C17H19BrN2O. The van der Waals surface area contributed by atoms with E-state index in [1.807, 2.05) is 49.4 Å². The number of hydrogen-bond donors (Lipinski definition) is 2. The van der Waals surface area contributed by atoms with Crippen LogP contribution in [0.1, 0.15) is 29.3 Å². The van der Waals surface area contributed by atoms with E-state index in [9.17, 15) is 4.79 Å². The minimum atomic E-state index is -0.101. The van der Waals surface area contributed by atoms with Gasteiger partial charge in [0, 0.05) is 22.4 Å². The van der Waals surface area contributed by atoms with Crippen LogP contribution in [0.3, 0.4) is 0 Å². The van der Waals surface area contributed by atoms with Crippen molar-refractivity contribution < 1.29 is 4.79 Å². The Morgan fingerprint density at radius 3 is 2.71 bits per heavy atom. The molecule has 2 aromatic rings. The summed E-state index contributed by atoms with van der Waals surface area (Å²) in [7, 11) is 0. The molecule has 0 radical (unpaired) electrons. The van der Waals surface area contributed by atoms with Crippen LogP contribution < -0.4 is 10.6 Å². The van der Waals surface area contributed by atoms with Gasteiger partial charge in [-0.1, -0.05) is 40.5 Å². The van der Waals surface area contributed by atoms with E-state index in [-0.39, 0.29) is 5.91 Å². The molecule has 0 heterocycles. The number of carbonyl (C=O) groups is 1. The van der Waals surface area contributed by atoms with Crippen LogP contribution in [0.25, 0.3) is 0 Å². The van der Waals surface area contributed by atoms with Crippen molar-refractivity contribution in [1.29, 1.82) is 0 Å². The highest BCUT2D eigenvalue weighted by atomic mass is 79.9. The molecule has 0 aliphatic heterocycles. The maximum absolute atomic E-state index is 12.5. The van der Waals surface area contributed by atoms with E-state index in [0.29, 0.717) is 5.56 Å². The number of amides is 1. The molecule has 21 heavy (non-hydrogen) atoms. The summed E-state index contributed by atoms with van der Waals surface area (Å²) in [6.45, 7) is 4.93. The maximum Gasteiger partial charge on any atom is 0.257 e. The second kappa shape index (κ2) is 7.27. The Kier molecular flexibility index (Phi) is 5.39. The van der Waals surface area contributed by atoms with Crippen molar-refractivity contribution in [3.05, 3.63) is 58.1 Å². The Bertz CT molecular complexity index is 640. The van der Waals surface area contributed by atoms with E-state index in [1.165, 1.54) is 0 Å². The van der Waals surface area contributed by atoms with Gasteiger partial charge in [-0.2, -0.15) is 0 Å². The summed E-state index contributed by atoms with van der Waals surface area (Å²) in [5.41, 5.74) is 3.38. The lowest BCUT2D eigenvalue weighted by atomic mass is 10.1. The van der Waals surface area contributed by atoms with Crippen molar-refractivity contribution in [3.8, 4) is 0 Å². The molecule has 3 nitrogen and oxygen atoms in total. The first-order valence-electron chi connectivity index (χ1n) is 7.01. The second-order valence-electron chi connectivity index (χ2n) is 4.94. The average molecular weight is 347 g/mol. The van der Waals surface area contributed by atoms with Crippen LogP contribution in [0.15, 0.2) is 46.9 Å². The van der Waals surface area contributed by atoms with E-state index >= 15 is 0 Å². The van der Waals surface area contributed by atoms with Crippen LogP contribution in [-0.2, 0) is 0 Å². The van der Waals surface area contributed by atoms with E-state index in [1.54, 1.807) is 0 Å². The summed E-state index contributed by atoms with van der Waals surface area (Å²) in [4.78, 5) is 12.5. The topological polar surface area (TPSA) is 41.1 Å². The van der Waals surface area contributed by atoms with Crippen molar-refractivity contribution in [2.75, 3.05) is 17.2 Å². The molecule has 0 atom stereocenters. The number of halogens is 1. The molecule has 0 saturated heterocycles. The summed E-state index contributed by atoms with van der Waals surface area (Å²) in [6.07, 6.45) is 1.01. The Labute approximate surface area is 133 Å². The van der Waals surface area contributed by atoms with E-state index in [2.05, 4.69) is 33.5 Å². The lowest BCUT2D eigenvalue weighted by molar-refractivity contribution is 0.102. The van der Waals surface area contributed by atoms with Gasteiger partial charge in [0.25, 0.3) is 5.91 Å². The van der Waals surface area contributed by atoms with Crippen LogP contribution in [0.2, 0.25) is 0 Å². The predicted octanol–water partition coefficient (Wildman–Crippen LogP) is 4.83. The molecule has 110 valence electrons. The highest BCUT2D eigenvalue weighted by molar-refractivity contribution is 9.10. The van der Waals surface area contributed by atoms with Crippen LogP contribution in [0.5, 0.6) is 0 Å².